The van der Waals surface area contributed by atoms with Crippen LogP contribution < -0.4 is 5.32 Å². The highest BCUT2D eigenvalue weighted by Crippen LogP contribution is 2.21. The molecule has 2 rings (SSSR count). The van der Waals surface area contributed by atoms with Crippen molar-refractivity contribution in [3.8, 4) is 0 Å². The minimum Gasteiger partial charge on any atom is -0.444 e. The van der Waals surface area contributed by atoms with Crippen molar-refractivity contribution in [2.45, 2.75) is 26.0 Å². The predicted octanol–water partition coefficient (Wildman–Crippen LogP) is 0.374. The number of oxazole rings is 1. The van der Waals surface area contributed by atoms with E-state index in [0.717, 1.165) is 12.2 Å². The molecule has 0 bridgehead atoms. The number of fused-ring (bicyclic) bond motifs is 1. The molecule has 0 radical (unpaired) electrons. The molecule has 2 N–H and O–H groups in total. The molecule has 0 amide bonds. The van der Waals surface area contributed by atoms with Gasteiger partial charge in [0.05, 0.1) is 6.54 Å². The second-order valence-corrected chi connectivity index (χ2v) is 2.92. The smallest absolute Gasteiger partial charge is 0.194 e. The van der Waals surface area contributed by atoms with Crippen molar-refractivity contribution in [1.29, 1.82) is 0 Å². The Balaban J connectivity index is 2.37. The Bertz CT molecular complexity index is 283. The molecule has 66 valence electrons. The zero-order valence-electron chi connectivity index (χ0n) is 7.00. The topological polar surface area (TPSA) is 58.3 Å². The highest BCUT2D eigenvalue weighted by molar-refractivity contribution is 5.16. The number of aliphatic hydroxyl groups excluding tert-OH is 1. The number of rotatable bonds is 1. The minimum absolute atomic E-state index is 0.502. The Hall–Kier alpha value is -0.870. The van der Waals surface area contributed by atoms with Gasteiger partial charge in [-0.25, -0.2) is 4.98 Å². The zero-order chi connectivity index (χ0) is 8.55. The van der Waals surface area contributed by atoms with Crippen molar-refractivity contribution in [2.75, 3.05) is 6.54 Å². The van der Waals surface area contributed by atoms with E-state index in [-0.39, 0.29) is 0 Å². The Kier molecular flexibility index (Phi) is 1.86. The van der Waals surface area contributed by atoms with Gasteiger partial charge in [-0.1, -0.05) is 6.92 Å². The normalized spacial score (nSPS) is 22.3. The van der Waals surface area contributed by atoms with Crippen LogP contribution in [0.2, 0.25) is 0 Å². The molecular formula is C8H12N2O2. The Morgan fingerprint density at radius 3 is 3.25 bits per heavy atom. The first-order chi connectivity index (χ1) is 5.81. The molecule has 4 heteroatoms. The molecule has 0 saturated heterocycles. The van der Waals surface area contributed by atoms with Gasteiger partial charge >= 0.3 is 0 Å². The van der Waals surface area contributed by atoms with E-state index >= 15 is 0 Å². The minimum atomic E-state index is -0.502. The van der Waals surface area contributed by atoms with Crippen molar-refractivity contribution in [2.24, 2.45) is 0 Å². The Morgan fingerprint density at radius 2 is 2.58 bits per heavy atom. The van der Waals surface area contributed by atoms with E-state index in [1.807, 2.05) is 6.92 Å². The summed E-state index contributed by atoms with van der Waals surface area (Å²) in [6.45, 7) is 3.24. The Labute approximate surface area is 70.6 Å². The fourth-order valence-electron chi connectivity index (χ4n) is 1.37. The number of β-amino-alcohol motifs (C(OH)–C–C–N with tert-alkyl or cyclic N) is 1. The quantitative estimate of drug-likeness (QED) is 0.636. The molecule has 4 nitrogen and oxygen atoms in total. The highest BCUT2D eigenvalue weighted by atomic mass is 16.4. The van der Waals surface area contributed by atoms with Gasteiger partial charge in [0.2, 0.25) is 0 Å². The van der Waals surface area contributed by atoms with E-state index in [1.54, 1.807) is 0 Å². The fraction of sp³-hybridized carbons (Fsp3) is 0.625. The molecule has 1 atom stereocenters. The van der Waals surface area contributed by atoms with Crippen LogP contribution in [-0.2, 0) is 13.0 Å². The largest absolute Gasteiger partial charge is 0.444 e. The van der Waals surface area contributed by atoms with E-state index in [4.69, 9.17) is 4.42 Å². The number of hydrogen-bond donors (Lipinski definition) is 2. The summed E-state index contributed by atoms with van der Waals surface area (Å²) < 4.78 is 5.39. The number of hydrogen-bond acceptors (Lipinski definition) is 4. The van der Waals surface area contributed by atoms with Crippen molar-refractivity contribution >= 4 is 0 Å². The van der Waals surface area contributed by atoms with Gasteiger partial charge in [0.15, 0.2) is 5.89 Å². The first kappa shape index (κ1) is 7.76. The molecule has 1 aliphatic heterocycles. The molecule has 0 spiro atoms. The van der Waals surface area contributed by atoms with Gasteiger partial charge < -0.3 is 14.8 Å². The maximum Gasteiger partial charge on any atom is 0.194 e. The molecule has 1 aromatic rings. The average molecular weight is 168 g/mol. The Morgan fingerprint density at radius 1 is 1.75 bits per heavy atom. The second-order valence-electron chi connectivity index (χ2n) is 2.92. The van der Waals surface area contributed by atoms with Crippen LogP contribution >= 0.6 is 0 Å². The van der Waals surface area contributed by atoms with Gasteiger partial charge in [0.1, 0.15) is 17.6 Å². The number of nitrogens with one attached hydrogen (secondary N) is 1. The third-order valence-corrected chi connectivity index (χ3v) is 2.01. The third kappa shape index (κ3) is 1.13. The van der Waals surface area contributed by atoms with Crippen LogP contribution in [0.15, 0.2) is 4.42 Å². The first-order valence-electron chi connectivity index (χ1n) is 4.18. The van der Waals surface area contributed by atoms with Crippen LogP contribution in [-0.4, -0.2) is 16.6 Å². The molecule has 1 aliphatic rings. The predicted molar refractivity (Wildman–Crippen MR) is 42.5 cm³/mol. The summed E-state index contributed by atoms with van der Waals surface area (Å²) in [5.41, 5.74) is 0.714. The molecule has 1 aromatic heterocycles. The molecule has 2 heterocycles. The summed E-state index contributed by atoms with van der Waals surface area (Å²) in [5, 5.41) is 12.5. The number of aliphatic hydroxyl groups is 1. The number of nitrogens with zero attached hydrogens (tertiary/aromatic N) is 1. The lowest BCUT2D eigenvalue weighted by Gasteiger charge is -2.15. The van der Waals surface area contributed by atoms with E-state index in [2.05, 4.69) is 10.3 Å². The van der Waals surface area contributed by atoms with Gasteiger partial charge in [-0.05, 0) is 0 Å². The summed E-state index contributed by atoms with van der Waals surface area (Å²) in [7, 11) is 0. The van der Waals surface area contributed by atoms with Crippen molar-refractivity contribution in [3.63, 3.8) is 0 Å². The summed E-state index contributed by atoms with van der Waals surface area (Å²) in [6, 6.07) is 0. The van der Waals surface area contributed by atoms with E-state index in [9.17, 15) is 5.11 Å². The van der Waals surface area contributed by atoms with Crippen LogP contribution in [0.3, 0.4) is 0 Å². The average Bonchev–Trinajstić information content (AvgIpc) is 2.49. The molecule has 1 unspecified atom stereocenters. The summed E-state index contributed by atoms with van der Waals surface area (Å²) in [5.74, 6) is 1.49. The van der Waals surface area contributed by atoms with Crippen LogP contribution in [0, 0.1) is 0 Å². The standard InChI is InChI=1S/C8H12N2O2/c1-2-7-10-8-5(11)3-9-4-6(8)12-7/h5,9,11H,2-4H2,1H3. The molecule has 0 aliphatic carbocycles. The van der Waals surface area contributed by atoms with E-state index in [1.165, 1.54) is 0 Å². The maximum absolute atomic E-state index is 9.49. The SMILES string of the molecule is CCc1nc2c(o1)CNCC2O. The van der Waals surface area contributed by atoms with Gasteiger partial charge in [-0.3, -0.25) is 0 Å². The number of aromatic nitrogens is 1. The van der Waals surface area contributed by atoms with Gasteiger partial charge in [-0.2, -0.15) is 0 Å². The van der Waals surface area contributed by atoms with Crippen LogP contribution in [0.25, 0.3) is 0 Å². The molecular weight excluding hydrogens is 156 g/mol. The van der Waals surface area contributed by atoms with E-state index < -0.39 is 6.10 Å². The van der Waals surface area contributed by atoms with Crippen LogP contribution in [0.4, 0.5) is 0 Å². The first-order valence-corrected chi connectivity index (χ1v) is 4.18. The van der Waals surface area contributed by atoms with E-state index in [0.29, 0.717) is 24.7 Å². The van der Waals surface area contributed by atoms with Crippen LogP contribution in [0.5, 0.6) is 0 Å². The van der Waals surface area contributed by atoms with Crippen molar-refractivity contribution in [3.05, 3.63) is 17.3 Å². The maximum atomic E-state index is 9.49. The lowest BCUT2D eigenvalue weighted by atomic mass is 10.1. The van der Waals surface area contributed by atoms with Crippen molar-refractivity contribution < 1.29 is 9.52 Å². The molecule has 12 heavy (non-hydrogen) atoms. The molecule has 0 saturated carbocycles. The molecule has 0 fully saturated rings. The lowest BCUT2D eigenvalue weighted by molar-refractivity contribution is 0.156. The number of aryl methyl sites for hydroxylation is 1. The van der Waals surface area contributed by atoms with Crippen molar-refractivity contribution in [1.82, 2.24) is 10.3 Å². The van der Waals surface area contributed by atoms with Gasteiger partial charge in [0.25, 0.3) is 0 Å². The second kappa shape index (κ2) is 2.88. The summed E-state index contributed by atoms with van der Waals surface area (Å²) >= 11 is 0. The fourth-order valence-corrected chi connectivity index (χ4v) is 1.37. The summed E-state index contributed by atoms with van der Waals surface area (Å²) in [6.07, 6.45) is 0.275. The zero-order valence-corrected chi connectivity index (χ0v) is 7.00. The van der Waals surface area contributed by atoms with Gasteiger partial charge in [-0.15, -0.1) is 0 Å². The summed E-state index contributed by atoms with van der Waals surface area (Å²) in [4.78, 5) is 4.19. The monoisotopic (exact) mass is 168 g/mol. The van der Waals surface area contributed by atoms with Gasteiger partial charge in [0, 0.05) is 13.0 Å². The lowest BCUT2D eigenvalue weighted by Crippen LogP contribution is -2.27. The molecule has 0 aromatic carbocycles. The highest BCUT2D eigenvalue weighted by Gasteiger charge is 2.23. The van der Waals surface area contributed by atoms with Crippen LogP contribution in [0.1, 0.15) is 30.4 Å². The third-order valence-electron chi connectivity index (χ3n) is 2.01.